The molecule has 0 aromatic carbocycles. The average Bonchev–Trinajstić information content (AvgIpc) is 2.97. The highest BCUT2D eigenvalue weighted by atomic mass is 16.5. The number of hydrogen-bond donors (Lipinski definition) is 0. The van der Waals surface area contributed by atoms with E-state index >= 15 is 0 Å². The minimum Gasteiger partial charge on any atom is -0.381 e. The highest BCUT2D eigenvalue weighted by Gasteiger charge is 2.60. The van der Waals surface area contributed by atoms with Crippen molar-refractivity contribution in [3.63, 3.8) is 0 Å². The van der Waals surface area contributed by atoms with Crippen molar-refractivity contribution in [3.8, 4) is 0 Å². The zero-order chi connectivity index (χ0) is 11.3. The molecular formula is C15H24O. The molecule has 4 unspecified atom stereocenters. The lowest BCUT2D eigenvalue weighted by Gasteiger charge is -2.41. The van der Waals surface area contributed by atoms with Crippen molar-refractivity contribution in [3.05, 3.63) is 12.2 Å². The van der Waals surface area contributed by atoms with Crippen LogP contribution in [0.5, 0.6) is 0 Å². The molecule has 1 heteroatoms. The number of methoxy groups -OCH3 is 1. The first-order chi connectivity index (χ1) is 7.69. The van der Waals surface area contributed by atoms with E-state index in [1.165, 1.54) is 44.1 Å². The van der Waals surface area contributed by atoms with E-state index in [2.05, 4.69) is 13.5 Å². The minimum absolute atomic E-state index is 0.403. The van der Waals surface area contributed by atoms with Gasteiger partial charge in [-0.05, 0) is 42.9 Å². The van der Waals surface area contributed by atoms with Crippen molar-refractivity contribution in [2.75, 3.05) is 7.11 Å². The molecule has 4 atom stereocenters. The molecule has 3 saturated carbocycles. The highest BCUT2D eigenvalue weighted by Crippen LogP contribution is 2.64. The average molecular weight is 220 g/mol. The second kappa shape index (κ2) is 3.60. The molecule has 0 saturated heterocycles. The fraction of sp³-hybridized carbons (Fsp3) is 0.867. The normalized spacial score (nSPS) is 48.1. The van der Waals surface area contributed by atoms with Gasteiger partial charge in [-0.15, -0.1) is 0 Å². The molecule has 1 nitrogen and oxygen atoms in total. The Kier molecular flexibility index (Phi) is 2.43. The fourth-order valence-corrected chi connectivity index (χ4v) is 5.04. The number of ether oxygens (including phenoxy) is 1. The zero-order valence-electron chi connectivity index (χ0n) is 10.7. The van der Waals surface area contributed by atoms with Crippen molar-refractivity contribution in [1.29, 1.82) is 0 Å². The number of rotatable bonds is 2. The van der Waals surface area contributed by atoms with Crippen LogP contribution in [0.1, 0.15) is 45.4 Å². The van der Waals surface area contributed by atoms with E-state index in [-0.39, 0.29) is 0 Å². The molecule has 3 aliphatic rings. The van der Waals surface area contributed by atoms with Gasteiger partial charge in [0.15, 0.2) is 0 Å². The first-order valence-corrected chi connectivity index (χ1v) is 6.91. The largest absolute Gasteiger partial charge is 0.381 e. The van der Waals surface area contributed by atoms with Gasteiger partial charge in [0.2, 0.25) is 0 Å². The molecular weight excluding hydrogens is 196 g/mol. The molecule has 0 aliphatic heterocycles. The van der Waals surface area contributed by atoms with Crippen LogP contribution in [0.25, 0.3) is 0 Å². The third kappa shape index (κ3) is 1.16. The Morgan fingerprint density at radius 1 is 1.19 bits per heavy atom. The van der Waals surface area contributed by atoms with Gasteiger partial charge >= 0.3 is 0 Å². The lowest BCUT2D eigenvalue weighted by atomic mass is 9.63. The monoisotopic (exact) mass is 220 g/mol. The zero-order valence-corrected chi connectivity index (χ0v) is 10.7. The SMILES string of the molecule is C=C1C2CCC(C2OC)C1(C)C1CCCC1. The Hall–Kier alpha value is -0.300. The molecule has 90 valence electrons. The third-order valence-electron chi connectivity index (χ3n) is 5.97. The molecule has 0 heterocycles. The van der Waals surface area contributed by atoms with Crippen molar-refractivity contribution >= 4 is 0 Å². The summed E-state index contributed by atoms with van der Waals surface area (Å²) in [7, 11) is 1.89. The van der Waals surface area contributed by atoms with E-state index in [9.17, 15) is 0 Å². The molecule has 16 heavy (non-hydrogen) atoms. The van der Waals surface area contributed by atoms with Gasteiger partial charge in [-0.1, -0.05) is 31.9 Å². The summed E-state index contributed by atoms with van der Waals surface area (Å²) in [6.07, 6.45) is 8.90. The van der Waals surface area contributed by atoms with Crippen molar-refractivity contribution in [1.82, 2.24) is 0 Å². The van der Waals surface area contributed by atoms with Gasteiger partial charge in [-0.2, -0.15) is 0 Å². The van der Waals surface area contributed by atoms with E-state index in [0.29, 0.717) is 17.4 Å². The summed E-state index contributed by atoms with van der Waals surface area (Å²) < 4.78 is 5.76. The molecule has 3 aliphatic carbocycles. The Labute approximate surface area is 99.3 Å². The summed E-state index contributed by atoms with van der Waals surface area (Å²) in [6, 6.07) is 0. The lowest BCUT2D eigenvalue weighted by Crippen LogP contribution is -2.35. The predicted molar refractivity (Wildman–Crippen MR) is 66.2 cm³/mol. The van der Waals surface area contributed by atoms with Gasteiger partial charge in [0, 0.05) is 13.0 Å². The summed E-state index contributed by atoms with van der Waals surface area (Å²) in [5.74, 6) is 2.33. The van der Waals surface area contributed by atoms with E-state index in [1.54, 1.807) is 0 Å². The second-order valence-electron chi connectivity index (χ2n) is 6.28. The first-order valence-electron chi connectivity index (χ1n) is 6.91. The number of hydrogen-bond acceptors (Lipinski definition) is 1. The summed E-state index contributed by atoms with van der Waals surface area (Å²) in [6.45, 7) is 6.94. The van der Waals surface area contributed by atoms with Gasteiger partial charge in [0.25, 0.3) is 0 Å². The minimum atomic E-state index is 0.403. The van der Waals surface area contributed by atoms with Gasteiger partial charge in [0.05, 0.1) is 6.10 Å². The Morgan fingerprint density at radius 3 is 2.44 bits per heavy atom. The topological polar surface area (TPSA) is 9.23 Å². The molecule has 0 aromatic heterocycles. The van der Waals surface area contributed by atoms with Crippen LogP contribution in [0, 0.1) is 23.2 Å². The Balaban J connectivity index is 1.93. The molecule has 3 rings (SSSR count). The smallest absolute Gasteiger partial charge is 0.0673 e. The molecule has 0 aromatic rings. The first kappa shape index (κ1) is 10.8. The van der Waals surface area contributed by atoms with Crippen LogP contribution >= 0.6 is 0 Å². The molecule has 0 spiro atoms. The second-order valence-corrected chi connectivity index (χ2v) is 6.28. The van der Waals surface area contributed by atoms with E-state index in [1.807, 2.05) is 7.11 Å². The van der Waals surface area contributed by atoms with Crippen LogP contribution in [-0.2, 0) is 4.74 Å². The van der Waals surface area contributed by atoms with Crippen LogP contribution in [0.2, 0.25) is 0 Å². The van der Waals surface area contributed by atoms with Gasteiger partial charge in [-0.3, -0.25) is 0 Å². The van der Waals surface area contributed by atoms with E-state index < -0.39 is 0 Å². The summed E-state index contributed by atoms with van der Waals surface area (Å²) >= 11 is 0. The molecule has 0 N–H and O–H groups in total. The Bertz CT molecular complexity index is 303. The quantitative estimate of drug-likeness (QED) is 0.643. The highest BCUT2D eigenvalue weighted by molar-refractivity contribution is 5.29. The maximum absolute atomic E-state index is 5.76. The molecule has 2 bridgehead atoms. The van der Waals surface area contributed by atoms with Crippen molar-refractivity contribution in [2.45, 2.75) is 51.6 Å². The molecule has 0 amide bonds. The summed E-state index contributed by atoms with van der Waals surface area (Å²) in [5, 5.41) is 0. The van der Waals surface area contributed by atoms with Crippen molar-refractivity contribution < 1.29 is 4.74 Å². The maximum atomic E-state index is 5.76. The van der Waals surface area contributed by atoms with E-state index in [4.69, 9.17) is 4.74 Å². The lowest BCUT2D eigenvalue weighted by molar-refractivity contribution is 0.0322. The van der Waals surface area contributed by atoms with Crippen LogP contribution in [0.4, 0.5) is 0 Å². The van der Waals surface area contributed by atoms with Crippen LogP contribution in [-0.4, -0.2) is 13.2 Å². The summed E-state index contributed by atoms with van der Waals surface area (Å²) in [4.78, 5) is 0. The molecule has 3 fully saturated rings. The van der Waals surface area contributed by atoms with Crippen LogP contribution < -0.4 is 0 Å². The fourth-order valence-electron chi connectivity index (χ4n) is 5.04. The van der Waals surface area contributed by atoms with Crippen molar-refractivity contribution in [2.24, 2.45) is 23.2 Å². The van der Waals surface area contributed by atoms with Crippen LogP contribution in [0.3, 0.4) is 0 Å². The van der Waals surface area contributed by atoms with Gasteiger partial charge in [-0.25, -0.2) is 0 Å². The maximum Gasteiger partial charge on any atom is 0.0673 e. The summed E-state index contributed by atoms with van der Waals surface area (Å²) in [5.41, 5.74) is 1.93. The van der Waals surface area contributed by atoms with Crippen LogP contribution in [0.15, 0.2) is 12.2 Å². The van der Waals surface area contributed by atoms with Gasteiger partial charge in [0.1, 0.15) is 0 Å². The molecule has 0 radical (unpaired) electrons. The third-order valence-corrected chi connectivity index (χ3v) is 5.97. The van der Waals surface area contributed by atoms with Gasteiger partial charge < -0.3 is 4.74 Å². The number of fused-ring (bicyclic) bond motifs is 2. The predicted octanol–water partition coefficient (Wildman–Crippen LogP) is 3.79. The Morgan fingerprint density at radius 2 is 1.88 bits per heavy atom. The van der Waals surface area contributed by atoms with E-state index in [0.717, 1.165) is 11.8 Å². The standard InChI is InChI=1S/C15H24O/c1-10-12-8-9-13(14(12)16-3)15(10,2)11-6-4-5-7-11/h11-14H,1,4-9H2,2-3H3.